The predicted molar refractivity (Wildman–Crippen MR) is 113 cm³/mol. The average molecular weight is 400 g/mol. The van der Waals surface area contributed by atoms with Gasteiger partial charge in [-0.05, 0) is 52.2 Å². The molecule has 2 N–H and O–H groups in total. The van der Waals surface area contributed by atoms with Crippen LogP contribution < -0.4 is 5.32 Å². The molecule has 0 spiro atoms. The summed E-state index contributed by atoms with van der Waals surface area (Å²) in [5, 5.41) is 11.3. The van der Waals surface area contributed by atoms with Gasteiger partial charge in [0.2, 0.25) is 0 Å². The smallest absolute Gasteiger partial charge is 0.335 e. The van der Waals surface area contributed by atoms with E-state index in [1.165, 1.54) is 30.9 Å². The minimum Gasteiger partial charge on any atom is -0.478 e. The molecule has 7 heteroatoms. The number of benzene rings is 2. The van der Waals surface area contributed by atoms with Gasteiger partial charge in [-0.15, -0.1) is 0 Å². The molecule has 0 saturated heterocycles. The number of carbonyl (C=O) groups excluding carboxylic acids is 3. The van der Waals surface area contributed by atoms with Crippen molar-refractivity contribution in [3.05, 3.63) is 70.8 Å². The molecule has 0 radical (unpaired) electrons. The van der Waals surface area contributed by atoms with Crippen LogP contribution in [0, 0.1) is 0 Å². The van der Waals surface area contributed by atoms with Crippen LogP contribution in [0.3, 0.4) is 0 Å². The molecular formula is C22H28N2O5. The van der Waals surface area contributed by atoms with Gasteiger partial charge in [0.1, 0.15) is 0 Å². The number of ketones is 2. The molecule has 0 aliphatic carbocycles. The maximum atomic E-state index is 11.5. The summed E-state index contributed by atoms with van der Waals surface area (Å²) in [7, 11) is 7.12. The van der Waals surface area contributed by atoms with Crippen molar-refractivity contribution in [2.24, 2.45) is 0 Å². The third kappa shape index (κ3) is 9.44. The first-order valence-corrected chi connectivity index (χ1v) is 8.80. The molecule has 7 nitrogen and oxygen atoms in total. The Morgan fingerprint density at radius 3 is 1.45 bits per heavy atom. The number of carboxylic acid groups (broad SMARTS) is 1. The van der Waals surface area contributed by atoms with E-state index >= 15 is 0 Å². The molecule has 0 bridgehead atoms. The molecule has 0 atom stereocenters. The van der Waals surface area contributed by atoms with E-state index < -0.39 is 5.97 Å². The second-order valence-electron chi connectivity index (χ2n) is 6.28. The molecule has 0 saturated carbocycles. The molecule has 0 aliphatic rings. The second kappa shape index (κ2) is 13.0. The highest BCUT2D eigenvalue weighted by molar-refractivity contribution is 5.99. The van der Waals surface area contributed by atoms with E-state index in [4.69, 9.17) is 5.11 Å². The van der Waals surface area contributed by atoms with Gasteiger partial charge in [0.15, 0.2) is 11.6 Å². The van der Waals surface area contributed by atoms with Gasteiger partial charge >= 0.3 is 5.97 Å². The van der Waals surface area contributed by atoms with E-state index in [9.17, 15) is 19.2 Å². The van der Waals surface area contributed by atoms with E-state index in [2.05, 4.69) is 5.32 Å². The van der Waals surface area contributed by atoms with Crippen molar-refractivity contribution >= 4 is 23.4 Å². The number of aromatic carboxylic acids is 1. The minimum absolute atomic E-state index is 0.0293. The number of hydrogen-bond donors (Lipinski definition) is 2. The standard InChI is InChI=1S/C11H13NO2.C9H8O3.C2H7N/c1-8(13)9-5-4-6-10(7-9)11(14)12(2)3;1-6(10)7-3-2-4-8(5-7)9(11)12;1-3-2/h4-7H,1-3H3;2-5H,1H3,(H,11,12);3H,1-2H3. The average Bonchev–Trinajstić information content (AvgIpc) is 2.68. The van der Waals surface area contributed by atoms with Crippen LogP contribution in [0.25, 0.3) is 0 Å². The molecule has 0 aromatic heterocycles. The molecule has 29 heavy (non-hydrogen) atoms. The molecule has 156 valence electrons. The summed E-state index contributed by atoms with van der Waals surface area (Å²) in [6.45, 7) is 2.89. The molecule has 2 aromatic carbocycles. The van der Waals surface area contributed by atoms with Crippen molar-refractivity contribution in [3.8, 4) is 0 Å². The normalized spacial score (nSPS) is 9.17. The maximum Gasteiger partial charge on any atom is 0.335 e. The van der Waals surface area contributed by atoms with Gasteiger partial charge in [-0.2, -0.15) is 0 Å². The number of carboxylic acids is 1. The van der Waals surface area contributed by atoms with Gasteiger partial charge in [-0.25, -0.2) is 4.79 Å². The summed E-state index contributed by atoms with van der Waals surface area (Å²) in [6, 6.07) is 12.7. The van der Waals surface area contributed by atoms with Crippen LogP contribution in [0.15, 0.2) is 48.5 Å². The van der Waals surface area contributed by atoms with E-state index in [0.29, 0.717) is 16.7 Å². The van der Waals surface area contributed by atoms with Crippen LogP contribution in [0.1, 0.15) is 55.3 Å². The number of rotatable bonds is 4. The summed E-state index contributed by atoms with van der Waals surface area (Å²) in [5.41, 5.74) is 1.68. The molecule has 0 heterocycles. The highest BCUT2D eigenvalue weighted by atomic mass is 16.4. The van der Waals surface area contributed by atoms with E-state index in [1.807, 2.05) is 14.1 Å². The van der Waals surface area contributed by atoms with Gasteiger partial charge in [-0.1, -0.05) is 24.3 Å². The first kappa shape index (κ1) is 25.7. The SMILES string of the molecule is CC(=O)c1cccc(C(=O)N(C)C)c1.CC(=O)c1cccc(C(=O)O)c1.CNC. The van der Waals surface area contributed by atoms with Crippen molar-refractivity contribution in [1.29, 1.82) is 0 Å². The number of nitrogens with one attached hydrogen (secondary N) is 1. The lowest BCUT2D eigenvalue weighted by atomic mass is 10.1. The molecule has 0 fully saturated rings. The number of amides is 1. The van der Waals surface area contributed by atoms with Crippen LogP contribution >= 0.6 is 0 Å². The Balaban J connectivity index is 0.000000481. The van der Waals surface area contributed by atoms with Gasteiger partial charge in [0.25, 0.3) is 5.91 Å². The Morgan fingerprint density at radius 2 is 1.10 bits per heavy atom. The fourth-order valence-corrected chi connectivity index (χ4v) is 2.00. The van der Waals surface area contributed by atoms with Crippen LogP contribution in [-0.4, -0.2) is 61.6 Å². The lowest BCUT2D eigenvalue weighted by molar-refractivity contribution is 0.0696. The highest BCUT2D eigenvalue weighted by Crippen LogP contribution is 2.08. The van der Waals surface area contributed by atoms with Crippen molar-refractivity contribution in [2.75, 3.05) is 28.2 Å². The minimum atomic E-state index is -1.02. The number of hydrogen-bond acceptors (Lipinski definition) is 5. The zero-order valence-electron chi connectivity index (χ0n) is 17.6. The van der Waals surface area contributed by atoms with Crippen LogP contribution in [0.2, 0.25) is 0 Å². The zero-order valence-corrected chi connectivity index (χ0v) is 17.6. The fraction of sp³-hybridized carbons (Fsp3) is 0.273. The molecular weight excluding hydrogens is 372 g/mol. The Bertz CT molecular complexity index is 831. The van der Waals surface area contributed by atoms with Crippen LogP contribution in [0.4, 0.5) is 0 Å². The van der Waals surface area contributed by atoms with Gasteiger partial charge < -0.3 is 15.3 Å². The van der Waals surface area contributed by atoms with Gasteiger partial charge in [-0.3, -0.25) is 14.4 Å². The fourth-order valence-electron chi connectivity index (χ4n) is 2.00. The first-order valence-electron chi connectivity index (χ1n) is 8.80. The Labute approximate surface area is 171 Å². The summed E-state index contributed by atoms with van der Waals surface area (Å²) in [6.07, 6.45) is 0. The third-order valence-corrected chi connectivity index (χ3v) is 3.44. The Kier molecular flexibility index (Phi) is 11.5. The van der Waals surface area contributed by atoms with Crippen molar-refractivity contribution in [1.82, 2.24) is 10.2 Å². The van der Waals surface area contributed by atoms with E-state index in [-0.39, 0.29) is 23.0 Å². The highest BCUT2D eigenvalue weighted by Gasteiger charge is 2.09. The number of Topliss-reactive ketones (excluding diaryl/α,β-unsaturated/α-hetero) is 2. The summed E-state index contributed by atoms with van der Waals surface area (Å²) in [4.78, 5) is 45.4. The predicted octanol–water partition coefficient (Wildman–Crippen LogP) is 3.01. The summed E-state index contributed by atoms with van der Waals surface area (Å²) >= 11 is 0. The zero-order chi connectivity index (χ0) is 22.6. The molecule has 2 aromatic rings. The summed E-state index contributed by atoms with van der Waals surface area (Å²) in [5.74, 6) is -1.26. The Morgan fingerprint density at radius 1 is 0.759 bits per heavy atom. The number of nitrogens with zero attached hydrogens (tertiary/aromatic N) is 1. The Hall–Kier alpha value is -3.32. The van der Waals surface area contributed by atoms with Crippen molar-refractivity contribution < 1.29 is 24.3 Å². The van der Waals surface area contributed by atoms with Gasteiger partial charge in [0.05, 0.1) is 5.56 Å². The van der Waals surface area contributed by atoms with Crippen molar-refractivity contribution in [3.63, 3.8) is 0 Å². The maximum absolute atomic E-state index is 11.5. The van der Waals surface area contributed by atoms with E-state index in [0.717, 1.165) is 0 Å². The molecule has 2 rings (SSSR count). The second-order valence-corrected chi connectivity index (χ2v) is 6.28. The number of carbonyl (C=O) groups is 4. The lowest BCUT2D eigenvalue weighted by Crippen LogP contribution is -2.21. The topological polar surface area (TPSA) is 104 Å². The molecule has 1 amide bonds. The van der Waals surface area contributed by atoms with Crippen LogP contribution in [0.5, 0.6) is 0 Å². The molecule has 0 unspecified atom stereocenters. The monoisotopic (exact) mass is 400 g/mol. The van der Waals surface area contributed by atoms with E-state index in [1.54, 1.807) is 50.5 Å². The summed E-state index contributed by atoms with van der Waals surface area (Å²) < 4.78 is 0. The quantitative estimate of drug-likeness (QED) is 0.765. The third-order valence-electron chi connectivity index (χ3n) is 3.44. The van der Waals surface area contributed by atoms with Crippen molar-refractivity contribution in [2.45, 2.75) is 13.8 Å². The first-order chi connectivity index (χ1) is 13.5. The van der Waals surface area contributed by atoms with Gasteiger partial charge in [0, 0.05) is 30.8 Å². The largest absolute Gasteiger partial charge is 0.478 e. The van der Waals surface area contributed by atoms with Crippen LogP contribution in [-0.2, 0) is 0 Å². The molecule has 0 aliphatic heterocycles. The lowest BCUT2D eigenvalue weighted by Gasteiger charge is -2.10.